The van der Waals surface area contributed by atoms with Crippen LogP contribution in [-0.4, -0.2) is 56.6 Å². The van der Waals surface area contributed by atoms with Gasteiger partial charge < -0.3 is 15.5 Å². The zero-order valence-electron chi connectivity index (χ0n) is 12.1. The molecule has 0 aromatic rings. The predicted octanol–water partition coefficient (Wildman–Crippen LogP) is 1.63. The number of nitrogens with two attached hydrogens (primary N) is 1. The molecular weight excluding hydrogens is 198 g/mol. The first kappa shape index (κ1) is 15.9. The maximum Gasteiger partial charge on any atom is 0.00998 e. The average molecular weight is 229 g/mol. The molecular formula is C13H31N3. The van der Waals surface area contributed by atoms with Gasteiger partial charge in [0, 0.05) is 6.04 Å². The van der Waals surface area contributed by atoms with Crippen molar-refractivity contribution in [2.75, 3.05) is 40.8 Å². The smallest absolute Gasteiger partial charge is 0.00998 e. The van der Waals surface area contributed by atoms with E-state index in [1.165, 1.54) is 6.42 Å². The first-order valence-corrected chi connectivity index (χ1v) is 6.32. The van der Waals surface area contributed by atoms with Crippen LogP contribution in [0.25, 0.3) is 0 Å². The predicted molar refractivity (Wildman–Crippen MR) is 72.7 cm³/mol. The lowest BCUT2D eigenvalue weighted by Crippen LogP contribution is -2.38. The van der Waals surface area contributed by atoms with Crippen molar-refractivity contribution in [3.63, 3.8) is 0 Å². The Balaban J connectivity index is 3.61. The summed E-state index contributed by atoms with van der Waals surface area (Å²) in [5.74, 6) is 0. The average Bonchev–Trinajstić information content (AvgIpc) is 2.11. The fourth-order valence-corrected chi connectivity index (χ4v) is 1.56. The number of hydrogen-bond donors (Lipinski definition) is 1. The molecule has 0 aromatic heterocycles. The summed E-state index contributed by atoms with van der Waals surface area (Å²) in [6.45, 7) is 10.1. The largest absolute Gasteiger partial charge is 0.327 e. The monoisotopic (exact) mass is 229 g/mol. The summed E-state index contributed by atoms with van der Waals surface area (Å²) in [4.78, 5) is 4.61. The third kappa shape index (κ3) is 8.08. The highest BCUT2D eigenvalue weighted by Gasteiger charge is 2.20. The quantitative estimate of drug-likeness (QED) is 0.720. The molecule has 98 valence electrons. The number of rotatable bonds is 7. The molecule has 16 heavy (non-hydrogen) atoms. The number of hydrogen-bond acceptors (Lipinski definition) is 3. The van der Waals surface area contributed by atoms with Gasteiger partial charge in [-0.2, -0.15) is 0 Å². The third-order valence-electron chi connectivity index (χ3n) is 3.08. The van der Waals surface area contributed by atoms with Gasteiger partial charge in [0.05, 0.1) is 0 Å². The highest BCUT2D eigenvalue weighted by atomic mass is 15.1. The van der Waals surface area contributed by atoms with Gasteiger partial charge in [-0.25, -0.2) is 0 Å². The van der Waals surface area contributed by atoms with Crippen molar-refractivity contribution in [1.82, 2.24) is 9.80 Å². The van der Waals surface area contributed by atoms with E-state index in [9.17, 15) is 0 Å². The summed E-state index contributed by atoms with van der Waals surface area (Å²) < 4.78 is 0. The summed E-state index contributed by atoms with van der Waals surface area (Å²) >= 11 is 0. The van der Waals surface area contributed by atoms with Crippen LogP contribution < -0.4 is 5.73 Å². The van der Waals surface area contributed by atoms with E-state index in [0.717, 1.165) is 26.1 Å². The molecule has 3 heteroatoms. The van der Waals surface area contributed by atoms with Gasteiger partial charge in [-0.15, -0.1) is 0 Å². The molecule has 0 spiro atoms. The fourth-order valence-electron chi connectivity index (χ4n) is 1.56. The van der Waals surface area contributed by atoms with E-state index in [2.05, 4.69) is 51.7 Å². The summed E-state index contributed by atoms with van der Waals surface area (Å²) in [6, 6.07) is 0.295. The Labute approximate surface area is 102 Å². The van der Waals surface area contributed by atoms with Gasteiger partial charge in [0.15, 0.2) is 0 Å². The van der Waals surface area contributed by atoms with Crippen molar-refractivity contribution in [3.05, 3.63) is 0 Å². The van der Waals surface area contributed by atoms with Crippen LogP contribution in [0.3, 0.4) is 0 Å². The minimum atomic E-state index is 0.227. The molecule has 0 radical (unpaired) electrons. The summed E-state index contributed by atoms with van der Waals surface area (Å²) in [7, 11) is 6.43. The van der Waals surface area contributed by atoms with Gasteiger partial charge in [-0.05, 0) is 59.0 Å². The maximum absolute atomic E-state index is 6.14. The van der Waals surface area contributed by atoms with Crippen LogP contribution in [0.1, 0.15) is 33.6 Å². The molecule has 0 aliphatic rings. The normalized spacial score (nSPS) is 14.8. The SMILES string of the molecule is CN(C)CCCN(C)CCC(N)C(C)(C)C. The van der Waals surface area contributed by atoms with Crippen molar-refractivity contribution < 1.29 is 0 Å². The first-order valence-electron chi connectivity index (χ1n) is 6.32. The Morgan fingerprint density at radius 2 is 1.56 bits per heavy atom. The Kier molecular flexibility index (Phi) is 7.20. The van der Waals surface area contributed by atoms with Gasteiger partial charge in [0.2, 0.25) is 0 Å². The Morgan fingerprint density at radius 1 is 1.00 bits per heavy atom. The minimum absolute atomic E-state index is 0.227. The lowest BCUT2D eigenvalue weighted by molar-refractivity contribution is 0.247. The molecule has 0 aliphatic carbocycles. The Bertz CT molecular complexity index is 173. The highest BCUT2D eigenvalue weighted by molar-refractivity contribution is 4.77. The minimum Gasteiger partial charge on any atom is -0.327 e. The van der Waals surface area contributed by atoms with Crippen molar-refractivity contribution in [1.29, 1.82) is 0 Å². The van der Waals surface area contributed by atoms with E-state index in [0.29, 0.717) is 6.04 Å². The lowest BCUT2D eigenvalue weighted by Gasteiger charge is -2.29. The standard InChI is InChI=1S/C13H31N3/c1-13(2,3)12(14)8-11-16(6)10-7-9-15(4)5/h12H,7-11,14H2,1-6H3. The second-order valence-electron chi connectivity index (χ2n) is 6.22. The van der Waals surface area contributed by atoms with Crippen molar-refractivity contribution in [2.45, 2.75) is 39.7 Å². The molecule has 0 rings (SSSR count). The van der Waals surface area contributed by atoms with Crippen LogP contribution in [0.4, 0.5) is 0 Å². The van der Waals surface area contributed by atoms with Crippen LogP contribution in [-0.2, 0) is 0 Å². The molecule has 0 saturated carbocycles. The lowest BCUT2D eigenvalue weighted by atomic mass is 9.85. The van der Waals surface area contributed by atoms with Crippen LogP contribution in [0.5, 0.6) is 0 Å². The van der Waals surface area contributed by atoms with Gasteiger partial charge in [-0.1, -0.05) is 20.8 Å². The fraction of sp³-hybridized carbons (Fsp3) is 1.00. The third-order valence-corrected chi connectivity index (χ3v) is 3.08. The van der Waals surface area contributed by atoms with Crippen LogP contribution in [0, 0.1) is 5.41 Å². The molecule has 2 N–H and O–H groups in total. The van der Waals surface area contributed by atoms with E-state index in [4.69, 9.17) is 5.73 Å². The van der Waals surface area contributed by atoms with Crippen LogP contribution >= 0.6 is 0 Å². The molecule has 1 atom stereocenters. The Morgan fingerprint density at radius 3 is 2.00 bits per heavy atom. The summed E-state index contributed by atoms with van der Waals surface area (Å²) in [5.41, 5.74) is 6.37. The van der Waals surface area contributed by atoms with E-state index >= 15 is 0 Å². The molecule has 3 nitrogen and oxygen atoms in total. The molecule has 1 unspecified atom stereocenters. The first-order chi connectivity index (χ1) is 7.23. The van der Waals surface area contributed by atoms with Gasteiger partial charge >= 0.3 is 0 Å². The van der Waals surface area contributed by atoms with Gasteiger partial charge in [-0.3, -0.25) is 0 Å². The Hall–Kier alpha value is -0.120. The molecule has 0 aliphatic heterocycles. The zero-order chi connectivity index (χ0) is 12.8. The zero-order valence-corrected chi connectivity index (χ0v) is 12.1. The molecule has 0 heterocycles. The summed E-state index contributed by atoms with van der Waals surface area (Å²) in [6.07, 6.45) is 2.32. The topological polar surface area (TPSA) is 32.5 Å². The van der Waals surface area contributed by atoms with Crippen molar-refractivity contribution >= 4 is 0 Å². The molecule has 0 aromatic carbocycles. The molecule has 0 saturated heterocycles. The van der Waals surface area contributed by atoms with Crippen LogP contribution in [0.2, 0.25) is 0 Å². The second-order valence-corrected chi connectivity index (χ2v) is 6.22. The number of nitrogens with zero attached hydrogens (tertiary/aromatic N) is 2. The van der Waals surface area contributed by atoms with Crippen molar-refractivity contribution in [3.8, 4) is 0 Å². The molecule has 0 amide bonds. The summed E-state index contributed by atoms with van der Waals surface area (Å²) in [5, 5.41) is 0. The highest BCUT2D eigenvalue weighted by Crippen LogP contribution is 2.19. The maximum atomic E-state index is 6.14. The van der Waals surface area contributed by atoms with Gasteiger partial charge in [0.25, 0.3) is 0 Å². The van der Waals surface area contributed by atoms with E-state index in [1.807, 2.05) is 0 Å². The van der Waals surface area contributed by atoms with E-state index in [-0.39, 0.29) is 5.41 Å². The van der Waals surface area contributed by atoms with Gasteiger partial charge in [0.1, 0.15) is 0 Å². The molecule has 0 bridgehead atoms. The molecule has 0 fully saturated rings. The van der Waals surface area contributed by atoms with E-state index < -0.39 is 0 Å². The van der Waals surface area contributed by atoms with Crippen molar-refractivity contribution in [2.24, 2.45) is 11.1 Å². The van der Waals surface area contributed by atoms with Crippen LogP contribution in [0.15, 0.2) is 0 Å². The second kappa shape index (κ2) is 7.25. The van der Waals surface area contributed by atoms with E-state index in [1.54, 1.807) is 0 Å².